The maximum Gasteiger partial charge on any atom is 0.127 e. The van der Waals surface area contributed by atoms with Gasteiger partial charge in [0.15, 0.2) is 0 Å². The highest BCUT2D eigenvalue weighted by atomic mass is 35.5. The Morgan fingerprint density at radius 1 is 1.47 bits per heavy atom. The van der Waals surface area contributed by atoms with Crippen LogP contribution in [0.25, 0.3) is 0 Å². The molecule has 0 bridgehead atoms. The van der Waals surface area contributed by atoms with E-state index in [1.165, 1.54) is 6.07 Å². The van der Waals surface area contributed by atoms with Crippen molar-refractivity contribution >= 4 is 11.6 Å². The van der Waals surface area contributed by atoms with Crippen molar-refractivity contribution in [2.75, 3.05) is 0 Å². The van der Waals surface area contributed by atoms with E-state index < -0.39 is 6.10 Å². The molecular weight excluding hydrogens is 215 g/mol. The van der Waals surface area contributed by atoms with Crippen LogP contribution in [0.2, 0.25) is 5.02 Å². The average molecular weight is 229 g/mol. The molecule has 82 valence electrons. The van der Waals surface area contributed by atoms with Crippen molar-refractivity contribution in [1.82, 2.24) is 0 Å². The van der Waals surface area contributed by atoms with Crippen LogP contribution in [-0.4, -0.2) is 5.11 Å². The van der Waals surface area contributed by atoms with E-state index in [2.05, 4.69) is 0 Å². The molecule has 0 aromatic heterocycles. The van der Waals surface area contributed by atoms with Crippen molar-refractivity contribution in [3.63, 3.8) is 0 Å². The van der Waals surface area contributed by atoms with Crippen LogP contribution in [0.15, 0.2) is 6.07 Å². The molecule has 1 N–H and O–H groups in total. The third kappa shape index (κ3) is 1.88. The molecule has 0 radical (unpaired) electrons. The molecular formula is C12H14ClFO. The van der Waals surface area contributed by atoms with Gasteiger partial charge in [-0.05, 0) is 48.9 Å². The van der Waals surface area contributed by atoms with Crippen LogP contribution in [-0.2, 0) is 6.42 Å². The molecule has 0 saturated heterocycles. The van der Waals surface area contributed by atoms with Crippen LogP contribution in [0.4, 0.5) is 4.39 Å². The zero-order chi connectivity index (χ0) is 11.0. The maximum atomic E-state index is 13.5. The maximum absolute atomic E-state index is 13.5. The average Bonchev–Trinajstić information content (AvgIpc) is 2.37. The monoisotopic (exact) mass is 228 g/mol. The Balaban J connectivity index is 2.63. The molecule has 0 saturated carbocycles. The molecule has 0 spiro atoms. The van der Waals surface area contributed by atoms with Gasteiger partial charge in [-0.25, -0.2) is 4.39 Å². The third-order valence-corrected chi connectivity index (χ3v) is 3.45. The molecule has 1 aromatic rings. The molecule has 2 rings (SSSR count). The van der Waals surface area contributed by atoms with Crippen LogP contribution in [0.3, 0.4) is 0 Å². The van der Waals surface area contributed by atoms with Crippen molar-refractivity contribution in [3.05, 3.63) is 33.6 Å². The van der Waals surface area contributed by atoms with Gasteiger partial charge in [-0.2, -0.15) is 0 Å². The third-order valence-electron chi connectivity index (χ3n) is 3.12. The Morgan fingerprint density at radius 2 is 2.20 bits per heavy atom. The minimum atomic E-state index is -0.560. The van der Waals surface area contributed by atoms with E-state index in [1.807, 2.05) is 0 Å². The minimum absolute atomic E-state index is 0.320. The fourth-order valence-electron chi connectivity index (χ4n) is 2.28. The summed E-state index contributed by atoms with van der Waals surface area (Å²) in [5.74, 6) is -0.320. The molecule has 3 heteroatoms. The molecule has 1 nitrogen and oxygen atoms in total. The van der Waals surface area contributed by atoms with Gasteiger partial charge in [0.25, 0.3) is 0 Å². The summed E-state index contributed by atoms with van der Waals surface area (Å²) in [5.41, 5.74) is 2.20. The van der Waals surface area contributed by atoms with Gasteiger partial charge < -0.3 is 5.11 Å². The van der Waals surface area contributed by atoms with E-state index in [1.54, 1.807) is 6.92 Å². The SMILES string of the molecule is Cc1c(F)cc(Cl)c2c1[C@@H](O)CCCC2. The highest BCUT2D eigenvalue weighted by Crippen LogP contribution is 2.36. The van der Waals surface area contributed by atoms with Crippen molar-refractivity contribution < 1.29 is 9.50 Å². The summed E-state index contributed by atoms with van der Waals surface area (Å²) < 4.78 is 13.5. The summed E-state index contributed by atoms with van der Waals surface area (Å²) in [7, 11) is 0. The normalized spacial score (nSPS) is 20.9. The number of halogens is 2. The first-order valence-electron chi connectivity index (χ1n) is 5.26. The number of aliphatic hydroxyl groups excluding tert-OH is 1. The smallest absolute Gasteiger partial charge is 0.127 e. The van der Waals surface area contributed by atoms with Crippen molar-refractivity contribution in [1.29, 1.82) is 0 Å². The minimum Gasteiger partial charge on any atom is -0.388 e. The Hall–Kier alpha value is -0.600. The van der Waals surface area contributed by atoms with Crippen LogP contribution in [0.1, 0.15) is 42.1 Å². The number of rotatable bonds is 0. The van der Waals surface area contributed by atoms with E-state index >= 15 is 0 Å². The van der Waals surface area contributed by atoms with E-state index in [0.717, 1.165) is 30.4 Å². The standard InChI is InChI=1S/C12H14ClFO/c1-7-10(14)6-9(13)8-4-2-3-5-11(15)12(7)8/h6,11,15H,2-5H2,1H3/t11-/m0/s1. The molecule has 0 amide bonds. The molecule has 1 aromatic carbocycles. The number of hydrogen-bond acceptors (Lipinski definition) is 1. The van der Waals surface area contributed by atoms with Gasteiger partial charge in [-0.15, -0.1) is 0 Å². The summed E-state index contributed by atoms with van der Waals surface area (Å²) in [4.78, 5) is 0. The summed E-state index contributed by atoms with van der Waals surface area (Å²) in [5, 5.41) is 10.4. The molecule has 1 aliphatic carbocycles. The summed E-state index contributed by atoms with van der Waals surface area (Å²) in [6, 6.07) is 1.35. The first-order valence-corrected chi connectivity index (χ1v) is 5.64. The second kappa shape index (κ2) is 4.11. The number of aliphatic hydroxyl groups is 1. The van der Waals surface area contributed by atoms with Gasteiger partial charge in [0, 0.05) is 5.02 Å². The largest absolute Gasteiger partial charge is 0.388 e. The Kier molecular flexibility index (Phi) is 2.98. The number of benzene rings is 1. The predicted octanol–water partition coefficient (Wildman–Crippen LogP) is 3.55. The summed E-state index contributed by atoms with van der Waals surface area (Å²) in [6.45, 7) is 1.71. The number of hydrogen-bond donors (Lipinski definition) is 1. The highest BCUT2D eigenvalue weighted by Gasteiger charge is 2.22. The molecule has 1 aliphatic rings. The van der Waals surface area contributed by atoms with Crippen molar-refractivity contribution in [3.8, 4) is 0 Å². The van der Waals surface area contributed by atoms with Crippen molar-refractivity contribution in [2.24, 2.45) is 0 Å². The van der Waals surface area contributed by atoms with Gasteiger partial charge in [-0.3, -0.25) is 0 Å². The van der Waals surface area contributed by atoms with E-state index in [4.69, 9.17) is 11.6 Å². The Labute approximate surface area is 93.9 Å². The first kappa shape index (κ1) is 10.9. The van der Waals surface area contributed by atoms with Gasteiger partial charge in [0.05, 0.1) is 6.10 Å². The lowest BCUT2D eigenvalue weighted by atomic mass is 9.95. The van der Waals surface area contributed by atoms with E-state index in [0.29, 0.717) is 17.0 Å². The van der Waals surface area contributed by atoms with Crippen molar-refractivity contribution in [2.45, 2.75) is 38.7 Å². The van der Waals surface area contributed by atoms with Gasteiger partial charge in [-0.1, -0.05) is 18.0 Å². The quantitative estimate of drug-likeness (QED) is 0.674. The topological polar surface area (TPSA) is 20.2 Å². The van der Waals surface area contributed by atoms with Crippen LogP contribution < -0.4 is 0 Å². The van der Waals surface area contributed by atoms with Crippen LogP contribution in [0.5, 0.6) is 0 Å². The van der Waals surface area contributed by atoms with Gasteiger partial charge in [0.1, 0.15) is 5.82 Å². The van der Waals surface area contributed by atoms with Crippen LogP contribution >= 0.6 is 11.6 Å². The Morgan fingerprint density at radius 3 is 2.93 bits per heavy atom. The van der Waals surface area contributed by atoms with E-state index in [-0.39, 0.29) is 5.82 Å². The lowest BCUT2D eigenvalue weighted by Gasteiger charge is -2.16. The molecule has 1 atom stereocenters. The zero-order valence-electron chi connectivity index (χ0n) is 8.69. The predicted molar refractivity (Wildman–Crippen MR) is 58.7 cm³/mol. The lowest BCUT2D eigenvalue weighted by molar-refractivity contribution is 0.165. The number of fused-ring (bicyclic) bond motifs is 1. The molecule has 0 fully saturated rings. The van der Waals surface area contributed by atoms with Gasteiger partial charge >= 0.3 is 0 Å². The highest BCUT2D eigenvalue weighted by molar-refractivity contribution is 6.31. The fraction of sp³-hybridized carbons (Fsp3) is 0.500. The second-order valence-electron chi connectivity index (χ2n) is 4.12. The second-order valence-corrected chi connectivity index (χ2v) is 4.53. The molecule has 15 heavy (non-hydrogen) atoms. The zero-order valence-corrected chi connectivity index (χ0v) is 9.44. The summed E-state index contributed by atoms with van der Waals surface area (Å²) >= 11 is 6.01. The van der Waals surface area contributed by atoms with Crippen LogP contribution in [0, 0.1) is 12.7 Å². The molecule has 0 aliphatic heterocycles. The lowest BCUT2D eigenvalue weighted by Crippen LogP contribution is -2.04. The summed E-state index contributed by atoms with van der Waals surface area (Å²) in [6.07, 6.45) is 2.96. The molecule has 0 unspecified atom stereocenters. The van der Waals surface area contributed by atoms with E-state index in [9.17, 15) is 9.50 Å². The molecule has 0 heterocycles. The van der Waals surface area contributed by atoms with Gasteiger partial charge in [0.2, 0.25) is 0 Å². The Bertz CT molecular complexity index is 390. The fourth-order valence-corrected chi connectivity index (χ4v) is 2.57. The first-order chi connectivity index (χ1) is 7.11.